The molecule has 0 aromatic heterocycles. The number of rotatable bonds is 2. The maximum absolute atomic E-state index is 12.2. The quantitative estimate of drug-likeness (QED) is 0.785. The number of ether oxygens (including phenoxy) is 1. The van der Waals surface area contributed by atoms with Gasteiger partial charge in [0.2, 0.25) is 0 Å². The standard InChI is InChI=1S/C16H16O4/c1-16(2,3)20-15(19)13-9-5-6-10-11(13)7-4-8-12(10)14(17)18/h4-9H,1-3H3,(H,17,18)/p-1. The van der Waals surface area contributed by atoms with E-state index in [1.54, 1.807) is 51.1 Å². The van der Waals surface area contributed by atoms with E-state index in [0.717, 1.165) is 0 Å². The molecule has 0 aliphatic rings. The molecule has 2 aromatic rings. The Hall–Kier alpha value is -2.36. The summed E-state index contributed by atoms with van der Waals surface area (Å²) in [5.74, 6) is -1.74. The van der Waals surface area contributed by atoms with Crippen LogP contribution in [0.5, 0.6) is 0 Å². The molecule has 0 heterocycles. The van der Waals surface area contributed by atoms with Crippen LogP contribution < -0.4 is 5.11 Å². The third-order valence-electron chi connectivity index (χ3n) is 2.76. The van der Waals surface area contributed by atoms with Crippen LogP contribution in [0.4, 0.5) is 0 Å². The number of carbonyl (C=O) groups is 2. The molecule has 0 N–H and O–H groups in total. The van der Waals surface area contributed by atoms with Crippen molar-refractivity contribution in [2.24, 2.45) is 0 Å². The van der Waals surface area contributed by atoms with Crippen molar-refractivity contribution in [1.29, 1.82) is 0 Å². The molecule has 0 aliphatic carbocycles. The molecule has 0 fully saturated rings. The number of esters is 1. The van der Waals surface area contributed by atoms with E-state index < -0.39 is 17.5 Å². The van der Waals surface area contributed by atoms with Gasteiger partial charge in [0.05, 0.1) is 11.5 Å². The fraction of sp³-hybridized carbons (Fsp3) is 0.250. The number of aromatic carboxylic acids is 1. The normalized spacial score (nSPS) is 11.3. The van der Waals surface area contributed by atoms with Crippen molar-refractivity contribution in [3.63, 3.8) is 0 Å². The first-order valence-electron chi connectivity index (χ1n) is 6.26. The van der Waals surface area contributed by atoms with E-state index in [1.165, 1.54) is 6.07 Å². The lowest BCUT2D eigenvalue weighted by Crippen LogP contribution is -2.24. The van der Waals surface area contributed by atoms with Crippen LogP contribution in [0.25, 0.3) is 10.8 Å². The van der Waals surface area contributed by atoms with Gasteiger partial charge in [-0.2, -0.15) is 0 Å². The van der Waals surface area contributed by atoms with Gasteiger partial charge in [-0.25, -0.2) is 4.79 Å². The maximum atomic E-state index is 12.2. The van der Waals surface area contributed by atoms with Crippen LogP contribution in [0, 0.1) is 0 Å². The third kappa shape index (κ3) is 2.79. The molecule has 104 valence electrons. The number of hydrogen-bond donors (Lipinski definition) is 0. The smallest absolute Gasteiger partial charge is 0.339 e. The molecule has 0 spiro atoms. The number of carbonyl (C=O) groups excluding carboxylic acids is 2. The van der Waals surface area contributed by atoms with E-state index in [1.807, 2.05) is 0 Å². The summed E-state index contributed by atoms with van der Waals surface area (Å²) in [4.78, 5) is 23.3. The van der Waals surface area contributed by atoms with Crippen LogP contribution in [0.3, 0.4) is 0 Å². The van der Waals surface area contributed by atoms with Gasteiger partial charge >= 0.3 is 5.97 Å². The fourth-order valence-corrected chi connectivity index (χ4v) is 2.00. The summed E-state index contributed by atoms with van der Waals surface area (Å²) < 4.78 is 5.33. The van der Waals surface area contributed by atoms with Gasteiger partial charge in [-0.3, -0.25) is 0 Å². The lowest BCUT2D eigenvalue weighted by Gasteiger charge is -2.20. The van der Waals surface area contributed by atoms with Crippen LogP contribution in [-0.2, 0) is 4.74 Å². The average Bonchev–Trinajstić information content (AvgIpc) is 2.35. The predicted molar refractivity (Wildman–Crippen MR) is 73.4 cm³/mol. The largest absolute Gasteiger partial charge is 0.545 e. The Balaban J connectivity index is 2.59. The SMILES string of the molecule is CC(C)(C)OC(=O)c1cccc2c(C(=O)[O-])cccc12. The zero-order chi connectivity index (χ0) is 14.9. The van der Waals surface area contributed by atoms with Crippen molar-refractivity contribution in [2.75, 3.05) is 0 Å². The van der Waals surface area contributed by atoms with Gasteiger partial charge in [0.1, 0.15) is 5.60 Å². The van der Waals surface area contributed by atoms with Crippen LogP contribution in [0.2, 0.25) is 0 Å². The van der Waals surface area contributed by atoms with E-state index in [0.29, 0.717) is 16.3 Å². The molecular weight excluding hydrogens is 256 g/mol. The molecule has 20 heavy (non-hydrogen) atoms. The average molecular weight is 271 g/mol. The lowest BCUT2D eigenvalue weighted by molar-refractivity contribution is -0.254. The monoisotopic (exact) mass is 271 g/mol. The number of carboxylic acids is 1. The highest BCUT2D eigenvalue weighted by Gasteiger charge is 2.19. The Morgan fingerprint density at radius 1 is 0.950 bits per heavy atom. The second kappa shape index (κ2) is 4.96. The van der Waals surface area contributed by atoms with Crippen LogP contribution in [0.15, 0.2) is 36.4 Å². The van der Waals surface area contributed by atoms with E-state index >= 15 is 0 Å². The summed E-state index contributed by atoms with van der Waals surface area (Å²) in [5.41, 5.74) is -0.195. The van der Waals surface area contributed by atoms with Crippen molar-refractivity contribution >= 4 is 22.7 Å². The van der Waals surface area contributed by atoms with Gasteiger partial charge in [-0.05, 0) is 37.6 Å². The first-order chi connectivity index (χ1) is 9.29. The molecular formula is C16H15O4-. The zero-order valence-electron chi connectivity index (χ0n) is 11.6. The molecule has 0 radical (unpaired) electrons. The molecule has 2 rings (SSSR count). The van der Waals surface area contributed by atoms with Crippen LogP contribution in [0.1, 0.15) is 41.5 Å². The highest BCUT2D eigenvalue weighted by Crippen LogP contribution is 2.24. The van der Waals surface area contributed by atoms with E-state index in [4.69, 9.17) is 4.74 Å². The summed E-state index contributed by atoms with van der Waals surface area (Å²) >= 11 is 0. The van der Waals surface area contributed by atoms with Gasteiger partial charge in [0, 0.05) is 5.56 Å². The van der Waals surface area contributed by atoms with Crippen LogP contribution in [-0.4, -0.2) is 17.5 Å². The Labute approximate surface area is 117 Å². The van der Waals surface area contributed by atoms with E-state index in [2.05, 4.69) is 0 Å². The number of benzene rings is 2. The Kier molecular flexibility index (Phi) is 3.49. The minimum atomic E-state index is -1.27. The Morgan fingerprint density at radius 2 is 1.45 bits per heavy atom. The van der Waals surface area contributed by atoms with Gasteiger partial charge in [0.15, 0.2) is 0 Å². The summed E-state index contributed by atoms with van der Waals surface area (Å²) in [6, 6.07) is 9.64. The second-order valence-electron chi connectivity index (χ2n) is 5.50. The van der Waals surface area contributed by atoms with Crippen LogP contribution >= 0.6 is 0 Å². The predicted octanol–water partition coefficient (Wildman–Crippen LogP) is 2.16. The molecule has 0 aliphatic heterocycles. The van der Waals surface area contributed by atoms with Crippen molar-refractivity contribution in [3.8, 4) is 0 Å². The van der Waals surface area contributed by atoms with Gasteiger partial charge in [-0.15, -0.1) is 0 Å². The van der Waals surface area contributed by atoms with Crippen molar-refractivity contribution in [2.45, 2.75) is 26.4 Å². The Bertz CT molecular complexity index is 680. The van der Waals surface area contributed by atoms with E-state index in [-0.39, 0.29) is 5.56 Å². The first kappa shape index (κ1) is 14.1. The molecule has 4 heteroatoms. The second-order valence-corrected chi connectivity index (χ2v) is 5.50. The topological polar surface area (TPSA) is 66.4 Å². The van der Waals surface area contributed by atoms with E-state index in [9.17, 15) is 14.7 Å². The molecule has 0 amide bonds. The Morgan fingerprint density at radius 3 is 1.95 bits per heavy atom. The molecule has 4 nitrogen and oxygen atoms in total. The van der Waals surface area contributed by atoms with Gasteiger partial charge < -0.3 is 14.6 Å². The zero-order valence-corrected chi connectivity index (χ0v) is 11.6. The van der Waals surface area contributed by atoms with Crippen molar-refractivity contribution in [3.05, 3.63) is 47.5 Å². The molecule has 0 atom stereocenters. The number of fused-ring (bicyclic) bond motifs is 1. The van der Waals surface area contributed by atoms with Gasteiger partial charge in [0.25, 0.3) is 0 Å². The minimum absolute atomic E-state index is 0.0629. The summed E-state index contributed by atoms with van der Waals surface area (Å²) in [6.07, 6.45) is 0. The molecule has 0 unspecified atom stereocenters. The first-order valence-corrected chi connectivity index (χ1v) is 6.26. The minimum Gasteiger partial charge on any atom is -0.545 e. The maximum Gasteiger partial charge on any atom is 0.339 e. The molecule has 2 aromatic carbocycles. The summed E-state index contributed by atoms with van der Waals surface area (Å²) in [6.45, 7) is 5.34. The van der Waals surface area contributed by atoms with Crippen molar-refractivity contribution < 1.29 is 19.4 Å². The molecule has 0 saturated carbocycles. The lowest BCUT2D eigenvalue weighted by atomic mass is 10.00. The summed E-state index contributed by atoms with van der Waals surface area (Å²) in [7, 11) is 0. The highest BCUT2D eigenvalue weighted by atomic mass is 16.6. The molecule has 0 saturated heterocycles. The fourth-order valence-electron chi connectivity index (χ4n) is 2.00. The number of hydrogen-bond acceptors (Lipinski definition) is 4. The third-order valence-corrected chi connectivity index (χ3v) is 2.76. The van der Waals surface area contributed by atoms with Gasteiger partial charge in [-0.1, -0.05) is 30.3 Å². The number of carboxylic acid groups (broad SMARTS) is 1. The van der Waals surface area contributed by atoms with Crippen molar-refractivity contribution in [1.82, 2.24) is 0 Å². The highest BCUT2D eigenvalue weighted by molar-refractivity contribution is 6.10. The summed E-state index contributed by atoms with van der Waals surface area (Å²) in [5, 5.41) is 12.1. The molecule has 0 bridgehead atoms.